The maximum atomic E-state index is 11.8. The molecule has 2 aliphatic rings. The molecule has 2 rings (SSSR count). The molecule has 2 unspecified atom stereocenters. The summed E-state index contributed by atoms with van der Waals surface area (Å²) in [6, 6.07) is 0.505. The topological polar surface area (TPSA) is 23.6 Å². The third-order valence-electron chi connectivity index (χ3n) is 3.34. The molecule has 0 aromatic heterocycles. The van der Waals surface area contributed by atoms with E-state index in [2.05, 4.69) is 23.0 Å². The highest BCUT2D eigenvalue weighted by Gasteiger charge is 2.36. The van der Waals surface area contributed by atoms with Crippen molar-refractivity contribution in [2.75, 3.05) is 25.9 Å². The molecule has 2 heterocycles. The summed E-state index contributed by atoms with van der Waals surface area (Å²) in [6.07, 6.45) is 4.50. The van der Waals surface area contributed by atoms with Gasteiger partial charge in [0.2, 0.25) is 5.91 Å². The zero-order chi connectivity index (χ0) is 10.1. The van der Waals surface area contributed by atoms with E-state index in [1.54, 1.807) is 0 Å². The Bertz CT molecular complexity index is 234. The predicted molar refractivity (Wildman–Crippen MR) is 59.3 cm³/mol. The number of nitrogens with zero attached hydrogens (tertiary/aromatic N) is 2. The average molecular weight is 214 g/mol. The number of rotatable bonds is 2. The van der Waals surface area contributed by atoms with Crippen LogP contribution in [0, 0.1) is 0 Å². The smallest absolute Gasteiger partial charge is 0.237 e. The summed E-state index contributed by atoms with van der Waals surface area (Å²) in [7, 11) is 0. The lowest BCUT2D eigenvalue weighted by atomic mass is 10.1. The van der Waals surface area contributed by atoms with Crippen LogP contribution in [-0.2, 0) is 4.79 Å². The first-order chi connectivity index (χ1) is 6.72. The molecular weight excluding hydrogens is 196 g/mol. The Morgan fingerprint density at radius 1 is 1.57 bits per heavy atom. The Kier molecular flexibility index (Phi) is 3.02. The minimum absolute atomic E-state index is 0.333. The van der Waals surface area contributed by atoms with Crippen molar-refractivity contribution in [1.29, 1.82) is 0 Å². The van der Waals surface area contributed by atoms with Crippen molar-refractivity contribution in [2.24, 2.45) is 0 Å². The molecule has 14 heavy (non-hydrogen) atoms. The highest BCUT2D eigenvalue weighted by atomic mass is 32.2. The van der Waals surface area contributed by atoms with Crippen LogP contribution in [0.15, 0.2) is 0 Å². The highest BCUT2D eigenvalue weighted by molar-refractivity contribution is 7.99. The summed E-state index contributed by atoms with van der Waals surface area (Å²) in [5.41, 5.74) is 0. The number of piperazine rings is 1. The zero-order valence-corrected chi connectivity index (χ0v) is 9.72. The van der Waals surface area contributed by atoms with Gasteiger partial charge in [-0.25, -0.2) is 0 Å². The van der Waals surface area contributed by atoms with Gasteiger partial charge in [-0.15, -0.1) is 11.8 Å². The van der Waals surface area contributed by atoms with Crippen molar-refractivity contribution >= 4 is 17.7 Å². The zero-order valence-electron chi connectivity index (χ0n) is 8.90. The van der Waals surface area contributed by atoms with Gasteiger partial charge in [0.25, 0.3) is 0 Å². The molecule has 0 radical (unpaired) electrons. The maximum Gasteiger partial charge on any atom is 0.237 e. The Labute approximate surface area is 89.8 Å². The van der Waals surface area contributed by atoms with Gasteiger partial charge in [-0.1, -0.05) is 0 Å². The third kappa shape index (κ3) is 1.77. The summed E-state index contributed by atoms with van der Waals surface area (Å²) in [6.45, 7) is 4.87. The Morgan fingerprint density at radius 2 is 2.36 bits per heavy atom. The second kappa shape index (κ2) is 4.11. The number of thioether (sulfide) groups is 1. The predicted octanol–water partition coefficient (Wildman–Crippen LogP) is 1.00. The van der Waals surface area contributed by atoms with Crippen LogP contribution < -0.4 is 0 Å². The lowest BCUT2D eigenvalue weighted by molar-refractivity contribution is -0.137. The van der Waals surface area contributed by atoms with Crippen LogP contribution in [-0.4, -0.2) is 53.0 Å². The van der Waals surface area contributed by atoms with Crippen molar-refractivity contribution in [3.8, 4) is 0 Å². The molecule has 2 saturated heterocycles. The van der Waals surface area contributed by atoms with Crippen LogP contribution in [0.1, 0.15) is 19.8 Å². The second-order valence-corrected chi connectivity index (χ2v) is 5.30. The maximum absolute atomic E-state index is 11.8. The molecular formula is C10H18N2OS. The summed E-state index contributed by atoms with van der Waals surface area (Å²) in [5.74, 6) is 0.333. The normalized spacial score (nSPS) is 30.6. The van der Waals surface area contributed by atoms with Crippen LogP contribution in [0.3, 0.4) is 0 Å². The van der Waals surface area contributed by atoms with E-state index in [9.17, 15) is 4.79 Å². The Hall–Kier alpha value is -0.220. The fraction of sp³-hybridized carbons (Fsp3) is 0.900. The SMILES string of the molecule is CSC(C)N1CC(=O)N2CCCC2C1. The van der Waals surface area contributed by atoms with Gasteiger partial charge in [0, 0.05) is 19.1 Å². The van der Waals surface area contributed by atoms with Gasteiger partial charge in [0.15, 0.2) is 0 Å². The molecule has 0 aromatic rings. The Balaban J connectivity index is 2.02. The molecule has 0 N–H and O–H groups in total. The number of carbonyl (C=O) groups excluding carboxylic acids is 1. The fourth-order valence-electron chi connectivity index (χ4n) is 2.38. The van der Waals surface area contributed by atoms with E-state index < -0.39 is 0 Å². The molecule has 2 fully saturated rings. The van der Waals surface area contributed by atoms with E-state index in [1.165, 1.54) is 12.8 Å². The largest absolute Gasteiger partial charge is 0.337 e. The number of carbonyl (C=O) groups is 1. The molecule has 4 heteroatoms. The van der Waals surface area contributed by atoms with Gasteiger partial charge < -0.3 is 4.90 Å². The summed E-state index contributed by atoms with van der Waals surface area (Å²) < 4.78 is 0. The summed E-state index contributed by atoms with van der Waals surface area (Å²) in [4.78, 5) is 16.2. The second-order valence-electron chi connectivity index (χ2n) is 4.15. The van der Waals surface area contributed by atoms with E-state index in [-0.39, 0.29) is 0 Å². The van der Waals surface area contributed by atoms with Gasteiger partial charge in [-0.2, -0.15) is 0 Å². The summed E-state index contributed by atoms with van der Waals surface area (Å²) in [5, 5.41) is 0.474. The third-order valence-corrected chi connectivity index (χ3v) is 4.32. The average Bonchev–Trinajstić information content (AvgIpc) is 2.64. The summed E-state index contributed by atoms with van der Waals surface area (Å²) >= 11 is 1.82. The van der Waals surface area contributed by atoms with Crippen LogP contribution in [0.25, 0.3) is 0 Å². The van der Waals surface area contributed by atoms with E-state index in [0.29, 0.717) is 23.9 Å². The number of amides is 1. The van der Waals surface area contributed by atoms with Gasteiger partial charge in [0.05, 0.1) is 11.9 Å². The molecule has 80 valence electrons. The van der Waals surface area contributed by atoms with Gasteiger partial charge in [-0.05, 0) is 26.0 Å². The first-order valence-electron chi connectivity index (χ1n) is 5.28. The molecule has 0 saturated carbocycles. The fourth-order valence-corrected chi connectivity index (χ4v) is 2.84. The van der Waals surface area contributed by atoms with E-state index in [4.69, 9.17) is 0 Å². The van der Waals surface area contributed by atoms with Crippen LogP contribution >= 0.6 is 11.8 Å². The first kappa shape index (κ1) is 10.3. The van der Waals surface area contributed by atoms with Crippen molar-refractivity contribution in [3.63, 3.8) is 0 Å². The molecule has 3 nitrogen and oxygen atoms in total. The standard InChI is InChI=1S/C10H18N2OS/c1-8(14-2)11-6-9-4-3-5-12(9)10(13)7-11/h8-9H,3-7H2,1-2H3. The number of hydrogen-bond donors (Lipinski definition) is 0. The molecule has 0 aliphatic carbocycles. The van der Waals surface area contributed by atoms with E-state index >= 15 is 0 Å². The lowest BCUT2D eigenvalue weighted by Crippen LogP contribution is -2.55. The number of fused-ring (bicyclic) bond motifs is 1. The highest BCUT2D eigenvalue weighted by Crippen LogP contribution is 2.25. The molecule has 1 amide bonds. The van der Waals surface area contributed by atoms with Gasteiger partial charge in [-0.3, -0.25) is 9.69 Å². The first-order valence-corrected chi connectivity index (χ1v) is 6.57. The molecule has 2 atom stereocenters. The van der Waals surface area contributed by atoms with Gasteiger partial charge in [0.1, 0.15) is 0 Å². The van der Waals surface area contributed by atoms with Crippen LogP contribution in [0.5, 0.6) is 0 Å². The van der Waals surface area contributed by atoms with E-state index in [0.717, 1.165) is 13.1 Å². The molecule has 0 bridgehead atoms. The minimum Gasteiger partial charge on any atom is -0.337 e. The molecule has 2 aliphatic heterocycles. The van der Waals surface area contributed by atoms with Crippen molar-refractivity contribution < 1.29 is 4.79 Å². The lowest BCUT2D eigenvalue weighted by Gasteiger charge is -2.39. The monoisotopic (exact) mass is 214 g/mol. The minimum atomic E-state index is 0.333. The van der Waals surface area contributed by atoms with Crippen molar-refractivity contribution in [1.82, 2.24) is 9.80 Å². The van der Waals surface area contributed by atoms with E-state index in [1.807, 2.05) is 11.8 Å². The van der Waals surface area contributed by atoms with Crippen LogP contribution in [0.2, 0.25) is 0 Å². The Morgan fingerprint density at radius 3 is 3.07 bits per heavy atom. The van der Waals surface area contributed by atoms with Gasteiger partial charge >= 0.3 is 0 Å². The molecule has 0 spiro atoms. The number of hydrogen-bond acceptors (Lipinski definition) is 3. The van der Waals surface area contributed by atoms with Crippen LogP contribution in [0.4, 0.5) is 0 Å². The molecule has 0 aromatic carbocycles. The van der Waals surface area contributed by atoms with Crippen molar-refractivity contribution in [3.05, 3.63) is 0 Å². The quantitative estimate of drug-likeness (QED) is 0.685. The van der Waals surface area contributed by atoms with Crippen molar-refractivity contribution in [2.45, 2.75) is 31.2 Å².